The fourth-order valence-corrected chi connectivity index (χ4v) is 3.25. The molecule has 2 aliphatic heterocycles. The maximum atomic E-state index is 9.89. The van der Waals surface area contributed by atoms with Gasteiger partial charge in [-0.15, -0.1) is 0 Å². The molecule has 0 aliphatic carbocycles. The Balaban J connectivity index is 1.51. The number of aliphatic hydroxyl groups is 1. The van der Waals surface area contributed by atoms with Gasteiger partial charge in [-0.25, -0.2) is 0 Å². The second-order valence-electron chi connectivity index (χ2n) is 5.89. The van der Waals surface area contributed by atoms with Crippen LogP contribution in [0.1, 0.15) is 32.6 Å². The molecule has 0 bridgehead atoms. The monoisotopic (exact) mass is 286 g/mol. The van der Waals surface area contributed by atoms with E-state index in [2.05, 4.69) is 10.2 Å². The lowest BCUT2D eigenvalue weighted by molar-refractivity contribution is 0.00476. The molecule has 5 nitrogen and oxygen atoms in total. The highest BCUT2D eigenvalue weighted by Gasteiger charge is 2.31. The van der Waals surface area contributed by atoms with E-state index in [1.54, 1.807) is 0 Å². The fraction of sp³-hybridized carbons (Fsp3) is 1.00. The Morgan fingerprint density at radius 3 is 2.95 bits per heavy atom. The van der Waals surface area contributed by atoms with E-state index in [1.165, 1.54) is 38.8 Å². The number of nitrogens with zero attached hydrogens (tertiary/aromatic N) is 1. The van der Waals surface area contributed by atoms with Gasteiger partial charge in [0.2, 0.25) is 0 Å². The van der Waals surface area contributed by atoms with Gasteiger partial charge in [-0.05, 0) is 45.7 Å². The van der Waals surface area contributed by atoms with Gasteiger partial charge in [-0.1, -0.05) is 0 Å². The molecule has 5 heteroatoms. The number of nitrogens with one attached hydrogen (secondary N) is 1. The minimum absolute atomic E-state index is 0.391. The SMILES string of the molecule is CCOCCOCC(O)CNC1CCN2CCCC2C1. The van der Waals surface area contributed by atoms with Gasteiger partial charge in [0, 0.05) is 25.2 Å². The van der Waals surface area contributed by atoms with Crippen molar-refractivity contribution in [2.75, 3.05) is 46.1 Å². The van der Waals surface area contributed by atoms with E-state index in [1.807, 2.05) is 6.92 Å². The number of hydrogen-bond donors (Lipinski definition) is 2. The summed E-state index contributed by atoms with van der Waals surface area (Å²) in [6, 6.07) is 1.34. The largest absolute Gasteiger partial charge is 0.389 e. The van der Waals surface area contributed by atoms with Crippen LogP contribution >= 0.6 is 0 Å². The predicted molar refractivity (Wildman–Crippen MR) is 78.9 cm³/mol. The standard InChI is InChI=1S/C15H30N2O3/c1-2-19-8-9-20-12-15(18)11-16-13-5-7-17-6-3-4-14(17)10-13/h13-16,18H,2-12H2,1H3. The Morgan fingerprint density at radius 2 is 2.10 bits per heavy atom. The van der Waals surface area contributed by atoms with Crippen LogP contribution in [0.5, 0.6) is 0 Å². The summed E-state index contributed by atoms with van der Waals surface area (Å²) >= 11 is 0. The molecule has 2 heterocycles. The van der Waals surface area contributed by atoms with Crippen molar-refractivity contribution in [1.82, 2.24) is 10.2 Å². The van der Waals surface area contributed by atoms with Crippen molar-refractivity contribution in [3.63, 3.8) is 0 Å². The van der Waals surface area contributed by atoms with E-state index >= 15 is 0 Å². The van der Waals surface area contributed by atoms with Crippen molar-refractivity contribution in [1.29, 1.82) is 0 Å². The summed E-state index contributed by atoms with van der Waals surface area (Å²) in [5, 5.41) is 13.4. The molecule has 3 unspecified atom stereocenters. The molecule has 0 aromatic carbocycles. The Labute approximate surface area is 122 Å². The summed E-state index contributed by atoms with van der Waals surface area (Å²) in [4.78, 5) is 2.62. The summed E-state index contributed by atoms with van der Waals surface area (Å²) in [5.74, 6) is 0. The second-order valence-corrected chi connectivity index (χ2v) is 5.89. The molecule has 2 N–H and O–H groups in total. The third kappa shape index (κ3) is 5.30. The predicted octanol–water partition coefficient (Wildman–Crippen LogP) is 0.617. The number of ether oxygens (including phenoxy) is 2. The average Bonchev–Trinajstić information content (AvgIpc) is 2.92. The van der Waals surface area contributed by atoms with Crippen LogP contribution in [0.2, 0.25) is 0 Å². The zero-order chi connectivity index (χ0) is 14.2. The van der Waals surface area contributed by atoms with E-state index in [0.717, 1.165) is 6.04 Å². The summed E-state index contributed by atoms with van der Waals surface area (Å²) in [5.41, 5.74) is 0. The minimum Gasteiger partial charge on any atom is -0.389 e. The maximum Gasteiger partial charge on any atom is 0.0897 e. The van der Waals surface area contributed by atoms with Crippen molar-refractivity contribution in [2.45, 2.75) is 50.8 Å². The van der Waals surface area contributed by atoms with Gasteiger partial charge >= 0.3 is 0 Å². The number of aliphatic hydroxyl groups excluding tert-OH is 1. The zero-order valence-electron chi connectivity index (χ0n) is 12.7. The van der Waals surface area contributed by atoms with Gasteiger partial charge in [0.15, 0.2) is 0 Å². The molecular formula is C15H30N2O3. The first-order chi connectivity index (χ1) is 9.79. The second kappa shape index (κ2) is 8.95. The van der Waals surface area contributed by atoms with Crippen molar-refractivity contribution >= 4 is 0 Å². The van der Waals surface area contributed by atoms with Crippen molar-refractivity contribution in [3.8, 4) is 0 Å². The van der Waals surface area contributed by atoms with E-state index in [4.69, 9.17) is 9.47 Å². The average molecular weight is 286 g/mol. The van der Waals surface area contributed by atoms with Gasteiger partial charge in [-0.3, -0.25) is 0 Å². The van der Waals surface area contributed by atoms with Gasteiger partial charge in [0.05, 0.1) is 25.9 Å². The topological polar surface area (TPSA) is 54.0 Å². The highest BCUT2D eigenvalue weighted by molar-refractivity contribution is 4.89. The minimum atomic E-state index is -0.418. The molecule has 2 aliphatic rings. The molecule has 0 saturated carbocycles. The molecule has 2 fully saturated rings. The third-order valence-corrected chi connectivity index (χ3v) is 4.35. The normalized spacial score (nSPS) is 28.5. The Kier molecular flexibility index (Phi) is 7.24. The molecule has 2 saturated heterocycles. The molecule has 2 rings (SSSR count). The van der Waals surface area contributed by atoms with Crippen LogP contribution in [-0.4, -0.2) is 74.3 Å². The Bertz CT molecular complexity index is 266. The number of fused-ring (bicyclic) bond motifs is 1. The Hall–Kier alpha value is -0.200. The quantitative estimate of drug-likeness (QED) is 0.609. The summed E-state index contributed by atoms with van der Waals surface area (Å²) in [7, 11) is 0. The van der Waals surface area contributed by atoms with Crippen LogP contribution in [0.3, 0.4) is 0 Å². The van der Waals surface area contributed by atoms with Crippen LogP contribution in [0, 0.1) is 0 Å². The van der Waals surface area contributed by atoms with Gasteiger partial charge in [0.25, 0.3) is 0 Å². The van der Waals surface area contributed by atoms with Crippen molar-refractivity contribution in [2.24, 2.45) is 0 Å². The number of piperidine rings is 1. The smallest absolute Gasteiger partial charge is 0.0897 e. The van der Waals surface area contributed by atoms with Crippen LogP contribution in [0.4, 0.5) is 0 Å². The summed E-state index contributed by atoms with van der Waals surface area (Å²) in [6.45, 7) is 7.37. The van der Waals surface area contributed by atoms with E-state index in [0.29, 0.717) is 39.0 Å². The van der Waals surface area contributed by atoms with Crippen LogP contribution in [0.15, 0.2) is 0 Å². The van der Waals surface area contributed by atoms with Gasteiger partial charge in [-0.2, -0.15) is 0 Å². The molecule has 0 spiro atoms. The lowest BCUT2D eigenvalue weighted by Crippen LogP contribution is -2.47. The molecule has 0 aromatic rings. The van der Waals surface area contributed by atoms with E-state index < -0.39 is 6.10 Å². The van der Waals surface area contributed by atoms with Gasteiger partial charge in [0.1, 0.15) is 0 Å². The van der Waals surface area contributed by atoms with E-state index in [9.17, 15) is 5.11 Å². The lowest BCUT2D eigenvalue weighted by Gasteiger charge is -2.35. The Morgan fingerprint density at radius 1 is 1.25 bits per heavy atom. The summed E-state index contributed by atoms with van der Waals surface area (Å²) in [6.07, 6.45) is 4.72. The molecule has 0 radical (unpaired) electrons. The molecular weight excluding hydrogens is 256 g/mol. The summed E-state index contributed by atoms with van der Waals surface area (Å²) < 4.78 is 10.6. The molecule has 20 heavy (non-hydrogen) atoms. The van der Waals surface area contributed by atoms with Gasteiger partial charge < -0.3 is 24.8 Å². The van der Waals surface area contributed by atoms with E-state index in [-0.39, 0.29) is 0 Å². The maximum absolute atomic E-state index is 9.89. The highest BCUT2D eigenvalue weighted by Crippen LogP contribution is 2.26. The fourth-order valence-electron chi connectivity index (χ4n) is 3.25. The lowest BCUT2D eigenvalue weighted by atomic mass is 9.97. The van der Waals surface area contributed by atoms with Crippen LogP contribution < -0.4 is 5.32 Å². The first-order valence-electron chi connectivity index (χ1n) is 8.10. The highest BCUT2D eigenvalue weighted by atomic mass is 16.5. The molecule has 3 atom stereocenters. The first-order valence-corrected chi connectivity index (χ1v) is 8.10. The van der Waals surface area contributed by atoms with Crippen molar-refractivity contribution in [3.05, 3.63) is 0 Å². The molecule has 0 aromatic heterocycles. The van der Waals surface area contributed by atoms with Crippen LogP contribution in [0.25, 0.3) is 0 Å². The van der Waals surface area contributed by atoms with Crippen LogP contribution in [-0.2, 0) is 9.47 Å². The van der Waals surface area contributed by atoms with Crippen molar-refractivity contribution < 1.29 is 14.6 Å². The zero-order valence-corrected chi connectivity index (χ0v) is 12.7. The first kappa shape index (κ1) is 16.2. The molecule has 0 amide bonds. The number of hydrogen-bond acceptors (Lipinski definition) is 5. The molecule has 118 valence electrons. The third-order valence-electron chi connectivity index (χ3n) is 4.35. The number of rotatable bonds is 9.